The fourth-order valence-electron chi connectivity index (χ4n) is 0.560. The van der Waals surface area contributed by atoms with Gasteiger partial charge in [0.2, 0.25) is 11.9 Å². The van der Waals surface area contributed by atoms with Crippen LogP contribution in [-0.2, 0) is 0 Å². The molecule has 1 N–H and O–H groups in total. The van der Waals surface area contributed by atoms with E-state index < -0.39 is 29.5 Å². The van der Waals surface area contributed by atoms with Crippen LogP contribution in [0.15, 0.2) is 0 Å². The van der Waals surface area contributed by atoms with Crippen molar-refractivity contribution in [1.29, 1.82) is 0 Å². The molecule has 0 unspecified atom stereocenters. The van der Waals surface area contributed by atoms with Crippen LogP contribution in [0.5, 0.6) is 0 Å². The molecule has 0 bridgehead atoms. The normalized spacial score (nSPS) is 9.92. The van der Waals surface area contributed by atoms with E-state index in [-0.39, 0.29) is 0 Å². The van der Waals surface area contributed by atoms with E-state index in [1.54, 1.807) is 0 Å². The van der Waals surface area contributed by atoms with Crippen LogP contribution in [-0.4, -0.2) is 21.0 Å². The minimum atomic E-state index is -1.88. The molecule has 4 nitrogen and oxygen atoms in total. The van der Waals surface area contributed by atoms with Crippen molar-refractivity contribution in [2.75, 3.05) is 0 Å². The molecule has 1 heterocycles. The number of hydrogen-bond donors (Lipinski definition) is 1. The second-order valence-corrected chi connectivity index (χ2v) is 1.75. The average Bonchev–Trinajstić information content (AvgIpc) is 1.82. The largest absolute Gasteiger partial charge is 0.477 e. The van der Waals surface area contributed by atoms with E-state index in [9.17, 15) is 18.0 Å². The van der Waals surface area contributed by atoms with Gasteiger partial charge in [0.15, 0.2) is 5.56 Å². The van der Waals surface area contributed by atoms with Gasteiger partial charge in [-0.2, -0.15) is 23.1 Å². The SMILES string of the molecule is O=C(O)c1c(F)nc(F)nc1F. The zero-order chi connectivity index (χ0) is 9.30. The Morgan fingerprint density at radius 2 is 1.58 bits per heavy atom. The lowest BCUT2D eigenvalue weighted by Gasteiger charge is -1.96. The first kappa shape index (κ1) is 8.44. The summed E-state index contributed by atoms with van der Waals surface area (Å²) in [5, 5.41) is 8.15. The third kappa shape index (κ3) is 1.34. The molecule has 12 heavy (non-hydrogen) atoms. The van der Waals surface area contributed by atoms with Crippen molar-refractivity contribution < 1.29 is 23.1 Å². The highest BCUT2D eigenvalue weighted by Gasteiger charge is 2.20. The summed E-state index contributed by atoms with van der Waals surface area (Å²) < 4.78 is 36.7. The summed E-state index contributed by atoms with van der Waals surface area (Å²) in [5.74, 6) is -5.34. The molecule has 0 fully saturated rings. The van der Waals surface area contributed by atoms with Crippen LogP contribution < -0.4 is 0 Å². The van der Waals surface area contributed by atoms with Crippen molar-refractivity contribution in [2.24, 2.45) is 0 Å². The Morgan fingerprint density at radius 1 is 1.17 bits per heavy atom. The van der Waals surface area contributed by atoms with Crippen molar-refractivity contribution in [1.82, 2.24) is 9.97 Å². The van der Waals surface area contributed by atoms with Gasteiger partial charge in [-0.3, -0.25) is 0 Å². The number of aromatic carboxylic acids is 1. The van der Waals surface area contributed by atoms with Gasteiger partial charge in [0, 0.05) is 0 Å². The Labute approximate surface area is 63.7 Å². The number of carboxylic acids is 1. The molecule has 0 aliphatic carbocycles. The second kappa shape index (κ2) is 2.76. The number of rotatable bonds is 1. The maximum atomic E-state index is 12.4. The van der Waals surface area contributed by atoms with Crippen LogP contribution in [0.4, 0.5) is 13.2 Å². The Hall–Kier alpha value is -1.66. The summed E-state index contributed by atoms with van der Waals surface area (Å²) in [6.07, 6.45) is -1.64. The molecule has 0 aliphatic rings. The summed E-state index contributed by atoms with van der Waals surface area (Å²) in [6.45, 7) is 0. The molecule has 0 saturated carbocycles. The first-order valence-electron chi connectivity index (χ1n) is 2.64. The number of carboxylic acid groups (broad SMARTS) is 1. The van der Waals surface area contributed by atoms with Crippen LogP contribution in [0.25, 0.3) is 0 Å². The molecule has 1 aromatic rings. The number of hydrogen-bond acceptors (Lipinski definition) is 3. The molecule has 0 aromatic carbocycles. The Balaban J connectivity index is 3.38. The molecule has 0 atom stereocenters. The van der Waals surface area contributed by atoms with E-state index in [0.29, 0.717) is 0 Å². The Morgan fingerprint density at radius 3 is 1.92 bits per heavy atom. The highest BCUT2D eigenvalue weighted by atomic mass is 19.2. The van der Waals surface area contributed by atoms with Gasteiger partial charge in [-0.25, -0.2) is 4.79 Å². The van der Waals surface area contributed by atoms with Crippen molar-refractivity contribution in [3.8, 4) is 0 Å². The lowest BCUT2D eigenvalue weighted by molar-refractivity contribution is 0.0683. The van der Waals surface area contributed by atoms with E-state index in [1.165, 1.54) is 0 Å². The third-order valence-corrected chi connectivity index (χ3v) is 1.01. The Kier molecular flexibility index (Phi) is 1.94. The van der Waals surface area contributed by atoms with Crippen LogP contribution in [0, 0.1) is 18.0 Å². The predicted molar refractivity (Wildman–Crippen MR) is 28.9 cm³/mol. The van der Waals surface area contributed by atoms with Crippen LogP contribution in [0.2, 0.25) is 0 Å². The topological polar surface area (TPSA) is 63.1 Å². The van der Waals surface area contributed by atoms with Gasteiger partial charge in [-0.15, -0.1) is 0 Å². The molecule has 0 amide bonds. The van der Waals surface area contributed by atoms with Gasteiger partial charge in [0.25, 0.3) is 0 Å². The fraction of sp³-hybridized carbons (Fsp3) is 0. The lowest BCUT2D eigenvalue weighted by Crippen LogP contribution is -2.10. The molecule has 0 spiro atoms. The summed E-state index contributed by atoms with van der Waals surface area (Å²) in [4.78, 5) is 14.9. The fourth-order valence-corrected chi connectivity index (χ4v) is 0.560. The molecular formula is C5HF3N2O2. The smallest absolute Gasteiger partial charge is 0.345 e. The monoisotopic (exact) mass is 178 g/mol. The van der Waals surface area contributed by atoms with E-state index in [0.717, 1.165) is 0 Å². The van der Waals surface area contributed by atoms with Crippen LogP contribution in [0.3, 0.4) is 0 Å². The summed E-state index contributed by atoms with van der Waals surface area (Å²) >= 11 is 0. The third-order valence-electron chi connectivity index (χ3n) is 1.01. The highest BCUT2D eigenvalue weighted by molar-refractivity contribution is 5.87. The van der Waals surface area contributed by atoms with Crippen molar-refractivity contribution in [3.05, 3.63) is 23.5 Å². The first-order chi connectivity index (χ1) is 5.52. The van der Waals surface area contributed by atoms with Gasteiger partial charge in [0.05, 0.1) is 0 Å². The second-order valence-electron chi connectivity index (χ2n) is 1.75. The molecule has 1 aromatic heterocycles. The molecule has 0 radical (unpaired) electrons. The van der Waals surface area contributed by atoms with E-state index in [4.69, 9.17) is 5.11 Å². The minimum absolute atomic E-state index is 1.36. The molecule has 0 saturated heterocycles. The van der Waals surface area contributed by atoms with Gasteiger partial charge >= 0.3 is 12.0 Å². The number of aromatic nitrogens is 2. The average molecular weight is 178 g/mol. The van der Waals surface area contributed by atoms with Gasteiger partial charge in [0.1, 0.15) is 0 Å². The zero-order valence-electron chi connectivity index (χ0n) is 5.38. The quantitative estimate of drug-likeness (QED) is 0.505. The standard InChI is InChI=1S/C5HF3N2O2/c6-2-1(4(11)12)3(7)10-5(8)9-2/h(H,11,12). The van der Waals surface area contributed by atoms with Gasteiger partial charge in [-0.1, -0.05) is 0 Å². The van der Waals surface area contributed by atoms with Crippen molar-refractivity contribution in [3.63, 3.8) is 0 Å². The zero-order valence-corrected chi connectivity index (χ0v) is 5.38. The first-order valence-corrected chi connectivity index (χ1v) is 2.64. The Bertz CT molecular complexity index is 318. The molecule has 0 aliphatic heterocycles. The highest BCUT2D eigenvalue weighted by Crippen LogP contribution is 2.07. The molecular weight excluding hydrogens is 177 g/mol. The minimum Gasteiger partial charge on any atom is -0.477 e. The van der Waals surface area contributed by atoms with Gasteiger partial charge in [-0.05, 0) is 0 Å². The molecule has 7 heteroatoms. The van der Waals surface area contributed by atoms with E-state index in [2.05, 4.69) is 9.97 Å². The van der Waals surface area contributed by atoms with E-state index >= 15 is 0 Å². The summed E-state index contributed by atoms with van der Waals surface area (Å²) in [7, 11) is 0. The molecule has 1 rings (SSSR count). The van der Waals surface area contributed by atoms with E-state index in [1.807, 2.05) is 0 Å². The van der Waals surface area contributed by atoms with Crippen molar-refractivity contribution >= 4 is 5.97 Å². The maximum absolute atomic E-state index is 12.4. The number of halogens is 3. The molecule has 64 valence electrons. The lowest BCUT2D eigenvalue weighted by atomic mass is 10.3. The van der Waals surface area contributed by atoms with Crippen molar-refractivity contribution in [2.45, 2.75) is 0 Å². The summed E-state index contributed by atoms with van der Waals surface area (Å²) in [6, 6.07) is 0. The van der Waals surface area contributed by atoms with Crippen LogP contribution in [0.1, 0.15) is 10.4 Å². The maximum Gasteiger partial charge on any atom is 0.345 e. The summed E-state index contributed by atoms with van der Waals surface area (Å²) in [5.41, 5.74) is -1.36. The van der Waals surface area contributed by atoms with Crippen LogP contribution >= 0.6 is 0 Å². The van der Waals surface area contributed by atoms with Gasteiger partial charge < -0.3 is 5.11 Å². The predicted octanol–water partition coefficient (Wildman–Crippen LogP) is 0.592. The number of carbonyl (C=O) groups is 1. The number of nitrogens with zero attached hydrogens (tertiary/aromatic N) is 2.